The Morgan fingerprint density at radius 3 is 2.46 bits per heavy atom. The van der Waals surface area contributed by atoms with E-state index < -0.39 is 0 Å². The molecule has 0 radical (unpaired) electrons. The molecule has 1 aliphatic heterocycles. The molecule has 1 fully saturated rings. The van der Waals surface area contributed by atoms with Crippen molar-refractivity contribution in [3.05, 3.63) is 54.1 Å². The van der Waals surface area contributed by atoms with Gasteiger partial charge in [0.05, 0.1) is 6.54 Å². The molecule has 24 heavy (non-hydrogen) atoms. The van der Waals surface area contributed by atoms with Crippen LogP contribution in [0.3, 0.4) is 0 Å². The van der Waals surface area contributed by atoms with Gasteiger partial charge in [-0.3, -0.25) is 4.79 Å². The van der Waals surface area contributed by atoms with Crippen LogP contribution in [0, 0.1) is 0 Å². The van der Waals surface area contributed by atoms with E-state index in [0.717, 1.165) is 30.9 Å². The van der Waals surface area contributed by atoms with E-state index in [1.807, 2.05) is 30.3 Å². The van der Waals surface area contributed by atoms with Crippen molar-refractivity contribution >= 4 is 23.0 Å². The maximum atomic E-state index is 12.1. The standard InChI is InChI=1S/C20H25N3O/c1-2-16-7-3-4-8-19(16)21-15-20(24)22-17-9-11-18(12-10-17)23-13-5-6-14-23/h3-4,7-12,21H,2,5-6,13-15H2,1H3,(H,22,24). The second-order valence-corrected chi connectivity index (χ2v) is 6.15. The molecule has 0 spiro atoms. The molecule has 1 saturated heterocycles. The number of anilines is 3. The molecule has 0 bridgehead atoms. The Bertz CT molecular complexity index is 676. The number of hydrogen-bond acceptors (Lipinski definition) is 3. The Balaban J connectivity index is 1.53. The zero-order chi connectivity index (χ0) is 16.8. The third-order valence-electron chi connectivity index (χ3n) is 4.46. The number of carbonyl (C=O) groups excluding carboxylic acids is 1. The lowest BCUT2D eigenvalue weighted by Crippen LogP contribution is -2.22. The van der Waals surface area contributed by atoms with E-state index in [-0.39, 0.29) is 12.5 Å². The number of hydrogen-bond donors (Lipinski definition) is 2. The molecule has 2 N–H and O–H groups in total. The summed E-state index contributed by atoms with van der Waals surface area (Å²) in [4.78, 5) is 14.5. The fraction of sp³-hybridized carbons (Fsp3) is 0.350. The lowest BCUT2D eigenvalue weighted by Gasteiger charge is -2.18. The molecule has 3 rings (SSSR count). The molecule has 1 aliphatic rings. The largest absolute Gasteiger partial charge is 0.376 e. The number of nitrogens with one attached hydrogen (secondary N) is 2. The molecule has 4 nitrogen and oxygen atoms in total. The van der Waals surface area contributed by atoms with Crippen molar-refractivity contribution < 1.29 is 4.79 Å². The Morgan fingerprint density at radius 2 is 1.75 bits per heavy atom. The van der Waals surface area contributed by atoms with Gasteiger partial charge in [0, 0.05) is 30.2 Å². The van der Waals surface area contributed by atoms with Crippen molar-refractivity contribution in [3.63, 3.8) is 0 Å². The predicted molar refractivity (Wildman–Crippen MR) is 101 cm³/mol. The minimum atomic E-state index is -0.0326. The lowest BCUT2D eigenvalue weighted by molar-refractivity contribution is -0.114. The van der Waals surface area contributed by atoms with Gasteiger partial charge in [-0.15, -0.1) is 0 Å². The average molecular weight is 323 g/mol. The van der Waals surface area contributed by atoms with E-state index in [2.05, 4.69) is 40.7 Å². The Kier molecular flexibility index (Phi) is 5.36. The van der Waals surface area contributed by atoms with Crippen LogP contribution in [-0.2, 0) is 11.2 Å². The van der Waals surface area contributed by atoms with Gasteiger partial charge in [-0.2, -0.15) is 0 Å². The first kappa shape index (κ1) is 16.4. The molecule has 126 valence electrons. The minimum Gasteiger partial charge on any atom is -0.376 e. The smallest absolute Gasteiger partial charge is 0.243 e. The summed E-state index contributed by atoms with van der Waals surface area (Å²) < 4.78 is 0. The summed E-state index contributed by atoms with van der Waals surface area (Å²) in [5.41, 5.74) is 4.33. The summed E-state index contributed by atoms with van der Waals surface area (Å²) in [6.07, 6.45) is 3.48. The van der Waals surface area contributed by atoms with Crippen molar-refractivity contribution in [1.29, 1.82) is 0 Å². The Morgan fingerprint density at radius 1 is 1.04 bits per heavy atom. The average Bonchev–Trinajstić information content (AvgIpc) is 3.15. The first-order chi connectivity index (χ1) is 11.8. The normalized spacial score (nSPS) is 13.8. The van der Waals surface area contributed by atoms with Gasteiger partial charge in [-0.1, -0.05) is 25.1 Å². The number of amides is 1. The molecule has 0 atom stereocenters. The Labute approximate surface area is 143 Å². The van der Waals surface area contributed by atoms with E-state index in [1.165, 1.54) is 24.1 Å². The van der Waals surface area contributed by atoms with Crippen LogP contribution >= 0.6 is 0 Å². The van der Waals surface area contributed by atoms with Gasteiger partial charge in [0.25, 0.3) is 0 Å². The minimum absolute atomic E-state index is 0.0326. The van der Waals surface area contributed by atoms with E-state index in [9.17, 15) is 4.79 Å². The third-order valence-corrected chi connectivity index (χ3v) is 4.46. The molecule has 1 heterocycles. The van der Waals surface area contributed by atoms with Gasteiger partial charge in [-0.05, 0) is 55.2 Å². The number of rotatable bonds is 6. The van der Waals surface area contributed by atoms with Crippen LogP contribution in [0.2, 0.25) is 0 Å². The molecule has 0 unspecified atom stereocenters. The molecule has 0 saturated carbocycles. The quantitative estimate of drug-likeness (QED) is 0.847. The van der Waals surface area contributed by atoms with Crippen molar-refractivity contribution in [3.8, 4) is 0 Å². The fourth-order valence-electron chi connectivity index (χ4n) is 3.11. The Hall–Kier alpha value is -2.49. The van der Waals surface area contributed by atoms with Crippen LogP contribution in [0.4, 0.5) is 17.1 Å². The first-order valence-electron chi connectivity index (χ1n) is 8.73. The van der Waals surface area contributed by atoms with Crippen LogP contribution < -0.4 is 15.5 Å². The summed E-state index contributed by atoms with van der Waals surface area (Å²) in [7, 11) is 0. The number of benzene rings is 2. The van der Waals surface area contributed by atoms with Gasteiger partial charge in [0.1, 0.15) is 0 Å². The molecule has 0 aromatic heterocycles. The summed E-state index contributed by atoms with van der Waals surface area (Å²) in [5, 5.41) is 6.17. The van der Waals surface area contributed by atoms with Crippen LogP contribution in [-0.4, -0.2) is 25.5 Å². The molecule has 4 heteroatoms. The summed E-state index contributed by atoms with van der Waals surface area (Å²) in [5.74, 6) is -0.0326. The van der Waals surface area contributed by atoms with Crippen molar-refractivity contribution in [2.45, 2.75) is 26.2 Å². The maximum absolute atomic E-state index is 12.1. The molecule has 2 aromatic carbocycles. The van der Waals surface area contributed by atoms with Crippen molar-refractivity contribution in [1.82, 2.24) is 0 Å². The summed E-state index contributed by atoms with van der Waals surface area (Å²) in [6, 6.07) is 16.2. The van der Waals surface area contributed by atoms with Gasteiger partial charge >= 0.3 is 0 Å². The number of nitrogens with zero attached hydrogens (tertiary/aromatic N) is 1. The van der Waals surface area contributed by atoms with Crippen LogP contribution in [0.15, 0.2) is 48.5 Å². The highest BCUT2D eigenvalue weighted by Crippen LogP contribution is 2.22. The van der Waals surface area contributed by atoms with Crippen LogP contribution in [0.5, 0.6) is 0 Å². The number of para-hydroxylation sites is 1. The van der Waals surface area contributed by atoms with Crippen LogP contribution in [0.25, 0.3) is 0 Å². The topological polar surface area (TPSA) is 44.4 Å². The third kappa shape index (κ3) is 4.07. The van der Waals surface area contributed by atoms with E-state index >= 15 is 0 Å². The maximum Gasteiger partial charge on any atom is 0.243 e. The lowest BCUT2D eigenvalue weighted by atomic mass is 10.1. The number of carbonyl (C=O) groups is 1. The molecular formula is C20H25N3O. The van der Waals surface area contributed by atoms with Gasteiger partial charge in [0.2, 0.25) is 5.91 Å². The summed E-state index contributed by atoms with van der Waals surface area (Å²) >= 11 is 0. The van der Waals surface area contributed by atoms with Gasteiger partial charge < -0.3 is 15.5 Å². The molecule has 1 amide bonds. The highest BCUT2D eigenvalue weighted by molar-refractivity contribution is 5.94. The zero-order valence-corrected chi connectivity index (χ0v) is 14.2. The second kappa shape index (κ2) is 7.86. The SMILES string of the molecule is CCc1ccccc1NCC(=O)Nc1ccc(N2CCCC2)cc1. The molecule has 0 aliphatic carbocycles. The second-order valence-electron chi connectivity index (χ2n) is 6.15. The monoisotopic (exact) mass is 323 g/mol. The van der Waals surface area contributed by atoms with E-state index in [0.29, 0.717) is 0 Å². The highest BCUT2D eigenvalue weighted by Gasteiger charge is 2.12. The zero-order valence-electron chi connectivity index (χ0n) is 14.2. The van der Waals surface area contributed by atoms with E-state index in [1.54, 1.807) is 0 Å². The van der Waals surface area contributed by atoms with Gasteiger partial charge in [-0.25, -0.2) is 0 Å². The van der Waals surface area contributed by atoms with E-state index in [4.69, 9.17) is 0 Å². The predicted octanol–water partition coefficient (Wildman–Crippen LogP) is 3.90. The highest BCUT2D eigenvalue weighted by atomic mass is 16.1. The fourth-order valence-corrected chi connectivity index (χ4v) is 3.11. The van der Waals surface area contributed by atoms with Crippen molar-refractivity contribution in [2.24, 2.45) is 0 Å². The van der Waals surface area contributed by atoms with Gasteiger partial charge in [0.15, 0.2) is 0 Å². The number of aryl methyl sites for hydroxylation is 1. The molecule has 2 aromatic rings. The van der Waals surface area contributed by atoms with Crippen LogP contribution in [0.1, 0.15) is 25.3 Å². The van der Waals surface area contributed by atoms with Crippen molar-refractivity contribution in [2.75, 3.05) is 35.2 Å². The first-order valence-corrected chi connectivity index (χ1v) is 8.73. The summed E-state index contributed by atoms with van der Waals surface area (Å²) in [6.45, 7) is 4.65. The molecular weight excluding hydrogens is 298 g/mol.